The second-order valence-electron chi connectivity index (χ2n) is 7.36. The summed E-state index contributed by atoms with van der Waals surface area (Å²) in [5.74, 6) is 3.17. The largest absolute Gasteiger partial charge is 0.454 e. The highest BCUT2D eigenvalue weighted by Crippen LogP contribution is 2.32. The molecule has 10 nitrogen and oxygen atoms in total. The van der Waals surface area contributed by atoms with E-state index < -0.39 is 0 Å². The molecule has 4 aromatic rings. The van der Waals surface area contributed by atoms with Gasteiger partial charge < -0.3 is 20.1 Å². The molecule has 1 amide bonds. The van der Waals surface area contributed by atoms with Crippen LogP contribution in [0.25, 0.3) is 5.65 Å². The molecular weight excluding hydrogens is 410 g/mol. The molecule has 0 bridgehead atoms. The molecule has 0 fully saturated rings. The summed E-state index contributed by atoms with van der Waals surface area (Å²) in [4.78, 5) is 16.6. The lowest BCUT2D eigenvalue weighted by atomic mass is 10.2. The van der Waals surface area contributed by atoms with Gasteiger partial charge in [-0.3, -0.25) is 4.79 Å². The van der Waals surface area contributed by atoms with E-state index in [1.54, 1.807) is 10.6 Å². The molecule has 32 heavy (non-hydrogen) atoms. The number of ether oxygens (including phenoxy) is 2. The van der Waals surface area contributed by atoms with Gasteiger partial charge in [-0.25, -0.2) is 4.98 Å². The molecule has 0 radical (unpaired) electrons. The number of carbonyl (C=O) groups excluding carboxylic acids is 1. The Bertz CT molecular complexity index is 1290. The molecule has 0 saturated heterocycles. The van der Waals surface area contributed by atoms with E-state index in [0.29, 0.717) is 36.1 Å². The van der Waals surface area contributed by atoms with Crippen LogP contribution in [0.5, 0.6) is 11.5 Å². The number of nitrogens with zero attached hydrogens (tertiary/aromatic N) is 5. The predicted molar refractivity (Wildman–Crippen MR) is 117 cm³/mol. The van der Waals surface area contributed by atoms with Crippen molar-refractivity contribution >= 4 is 23.2 Å². The van der Waals surface area contributed by atoms with Crippen LogP contribution < -0.4 is 20.1 Å². The van der Waals surface area contributed by atoms with Gasteiger partial charge >= 0.3 is 0 Å². The maximum atomic E-state index is 12.3. The fraction of sp³-hybridized carbons (Fsp3) is 0.227. The Morgan fingerprint density at radius 1 is 1.06 bits per heavy atom. The summed E-state index contributed by atoms with van der Waals surface area (Å²) in [6.45, 7) is 2.70. The molecule has 1 aliphatic rings. The first-order valence-corrected chi connectivity index (χ1v) is 10.2. The molecule has 162 valence electrons. The smallest absolute Gasteiger partial charge is 0.231 e. The number of carbonyl (C=O) groups is 1. The summed E-state index contributed by atoms with van der Waals surface area (Å²) in [7, 11) is 0. The van der Waals surface area contributed by atoms with Gasteiger partial charge in [0.15, 0.2) is 23.0 Å². The van der Waals surface area contributed by atoms with Gasteiger partial charge in [0, 0.05) is 25.1 Å². The Balaban J connectivity index is 1.23. The lowest BCUT2D eigenvalue weighted by Crippen LogP contribution is -2.14. The third-order valence-corrected chi connectivity index (χ3v) is 4.97. The highest BCUT2D eigenvalue weighted by Gasteiger charge is 2.14. The molecule has 4 heterocycles. The maximum absolute atomic E-state index is 12.3. The topological polar surface area (TPSA) is 116 Å². The normalized spacial score (nSPS) is 12.2. The lowest BCUT2D eigenvalue weighted by molar-refractivity contribution is -0.116. The van der Waals surface area contributed by atoms with Gasteiger partial charge in [0.1, 0.15) is 11.6 Å². The number of hydrogen-bond donors (Lipinski definition) is 2. The number of anilines is 2. The third kappa shape index (κ3) is 4.29. The Morgan fingerprint density at radius 3 is 2.88 bits per heavy atom. The minimum absolute atomic E-state index is 0.142. The molecule has 3 aromatic heterocycles. The second kappa shape index (κ2) is 8.50. The first-order valence-electron chi connectivity index (χ1n) is 10.2. The molecule has 0 aliphatic carbocycles. The summed E-state index contributed by atoms with van der Waals surface area (Å²) in [5, 5.41) is 19.0. The maximum Gasteiger partial charge on any atom is 0.231 e. The summed E-state index contributed by atoms with van der Waals surface area (Å²) < 4.78 is 12.4. The first-order chi connectivity index (χ1) is 15.6. The lowest BCUT2D eigenvalue weighted by Gasteiger charge is -2.07. The average molecular weight is 431 g/mol. The standard InChI is InChI=1S/C22H21N7O3/c1-14-3-2-4-19(24-14)25-22(30)10-9-21-27-26-20-8-7-18(28-29(20)21)23-12-15-5-6-16-17(11-15)32-13-31-16/h2-8,11H,9-10,12-13H2,1H3,(H,23,28)(H,24,25,30). The molecule has 0 saturated carbocycles. The van der Waals surface area contributed by atoms with Gasteiger partial charge in [-0.15, -0.1) is 15.3 Å². The monoisotopic (exact) mass is 431 g/mol. The third-order valence-electron chi connectivity index (χ3n) is 4.97. The molecule has 0 atom stereocenters. The number of aryl methyl sites for hydroxylation is 2. The van der Waals surface area contributed by atoms with Crippen LogP contribution in [0.2, 0.25) is 0 Å². The van der Waals surface area contributed by atoms with E-state index >= 15 is 0 Å². The Kier molecular flexibility index (Phi) is 5.24. The zero-order valence-electron chi connectivity index (χ0n) is 17.4. The van der Waals surface area contributed by atoms with E-state index in [1.807, 2.05) is 49.4 Å². The summed E-state index contributed by atoms with van der Waals surface area (Å²) in [5.41, 5.74) is 2.51. The van der Waals surface area contributed by atoms with Gasteiger partial charge in [0.25, 0.3) is 0 Å². The number of benzene rings is 1. The van der Waals surface area contributed by atoms with Crippen molar-refractivity contribution in [1.82, 2.24) is 24.8 Å². The van der Waals surface area contributed by atoms with Gasteiger partial charge in [-0.2, -0.15) is 4.52 Å². The van der Waals surface area contributed by atoms with Gasteiger partial charge in [-0.1, -0.05) is 12.1 Å². The first kappa shape index (κ1) is 19.7. The van der Waals surface area contributed by atoms with Crippen molar-refractivity contribution in [3.63, 3.8) is 0 Å². The van der Waals surface area contributed by atoms with Crippen LogP contribution in [-0.4, -0.2) is 37.5 Å². The van der Waals surface area contributed by atoms with Crippen molar-refractivity contribution in [1.29, 1.82) is 0 Å². The molecule has 1 aromatic carbocycles. The number of aromatic nitrogens is 5. The van der Waals surface area contributed by atoms with Gasteiger partial charge in [-0.05, 0) is 48.9 Å². The van der Waals surface area contributed by atoms with E-state index in [-0.39, 0.29) is 19.1 Å². The highest BCUT2D eigenvalue weighted by molar-refractivity contribution is 5.89. The average Bonchev–Trinajstić information content (AvgIpc) is 3.42. The number of pyridine rings is 1. The number of amides is 1. The van der Waals surface area contributed by atoms with Crippen LogP contribution in [0.3, 0.4) is 0 Å². The minimum Gasteiger partial charge on any atom is -0.454 e. The van der Waals surface area contributed by atoms with Gasteiger partial charge in [0.2, 0.25) is 12.7 Å². The van der Waals surface area contributed by atoms with Crippen molar-refractivity contribution in [2.75, 3.05) is 17.4 Å². The molecule has 5 rings (SSSR count). The van der Waals surface area contributed by atoms with Crippen LogP contribution in [0, 0.1) is 6.92 Å². The minimum atomic E-state index is -0.142. The molecular formula is C22H21N7O3. The number of hydrogen-bond acceptors (Lipinski definition) is 8. The Labute approximate surface area is 183 Å². The quantitative estimate of drug-likeness (QED) is 0.459. The van der Waals surface area contributed by atoms with Crippen molar-refractivity contribution in [3.05, 3.63) is 65.6 Å². The fourth-order valence-electron chi connectivity index (χ4n) is 3.37. The SMILES string of the molecule is Cc1cccc(NC(=O)CCc2nnc3ccc(NCc4ccc5c(c4)OCO5)nn23)n1. The Hall–Kier alpha value is -4.21. The second-order valence-corrected chi connectivity index (χ2v) is 7.36. The van der Waals surface area contributed by atoms with E-state index in [0.717, 1.165) is 22.8 Å². The van der Waals surface area contributed by atoms with Crippen molar-refractivity contribution in [3.8, 4) is 11.5 Å². The molecule has 10 heteroatoms. The van der Waals surface area contributed by atoms with Crippen LogP contribution in [0.15, 0.2) is 48.5 Å². The summed E-state index contributed by atoms with van der Waals surface area (Å²) in [6.07, 6.45) is 0.643. The van der Waals surface area contributed by atoms with Crippen molar-refractivity contribution < 1.29 is 14.3 Å². The van der Waals surface area contributed by atoms with Crippen molar-refractivity contribution in [2.24, 2.45) is 0 Å². The van der Waals surface area contributed by atoms with E-state index in [1.165, 1.54) is 0 Å². The zero-order valence-corrected chi connectivity index (χ0v) is 17.4. The van der Waals surface area contributed by atoms with Crippen LogP contribution in [0.4, 0.5) is 11.6 Å². The summed E-state index contributed by atoms with van der Waals surface area (Å²) >= 11 is 0. The van der Waals surface area contributed by atoms with E-state index in [4.69, 9.17) is 9.47 Å². The molecule has 0 spiro atoms. The molecule has 2 N–H and O–H groups in total. The number of fused-ring (bicyclic) bond motifs is 2. The van der Waals surface area contributed by atoms with Crippen LogP contribution in [0.1, 0.15) is 23.5 Å². The number of nitrogens with one attached hydrogen (secondary N) is 2. The Morgan fingerprint density at radius 2 is 1.97 bits per heavy atom. The van der Waals surface area contributed by atoms with Crippen LogP contribution >= 0.6 is 0 Å². The predicted octanol–water partition coefficient (Wildman–Crippen LogP) is 2.74. The highest BCUT2D eigenvalue weighted by atomic mass is 16.7. The summed E-state index contributed by atoms with van der Waals surface area (Å²) in [6, 6.07) is 15.0. The molecule has 1 aliphatic heterocycles. The fourth-order valence-corrected chi connectivity index (χ4v) is 3.37. The number of rotatable bonds is 7. The van der Waals surface area contributed by atoms with Crippen molar-refractivity contribution in [2.45, 2.75) is 26.3 Å². The zero-order chi connectivity index (χ0) is 21.9. The van der Waals surface area contributed by atoms with Gasteiger partial charge in [0.05, 0.1) is 0 Å². The van der Waals surface area contributed by atoms with E-state index in [9.17, 15) is 4.79 Å². The van der Waals surface area contributed by atoms with Crippen LogP contribution in [-0.2, 0) is 17.8 Å². The molecule has 0 unspecified atom stereocenters. The van der Waals surface area contributed by atoms with E-state index in [2.05, 4.69) is 30.9 Å².